The van der Waals surface area contributed by atoms with Crippen molar-refractivity contribution < 1.29 is 10.2 Å². The molecule has 0 saturated carbocycles. The summed E-state index contributed by atoms with van der Waals surface area (Å²) in [5, 5.41) is 20.3. The molecule has 4 heteroatoms. The first-order valence-corrected chi connectivity index (χ1v) is 7.12. The summed E-state index contributed by atoms with van der Waals surface area (Å²) in [4.78, 5) is 0. The fourth-order valence-electron chi connectivity index (χ4n) is 2.38. The Kier molecular flexibility index (Phi) is 3.06. The van der Waals surface area contributed by atoms with E-state index >= 15 is 0 Å². The summed E-state index contributed by atoms with van der Waals surface area (Å²) in [5.41, 5.74) is 3.43. The molecule has 0 heterocycles. The van der Waals surface area contributed by atoms with Crippen molar-refractivity contribution >= 4 is 31.9 Å². The molecule has 3 rings (SSSR count). The van der Waals surface area contributed by atoms with E-state index in [1.165, 1.54) is 0 Å². The molecule has 2 atom stereocenters. The summed E-state index contributed by atoms with van der Waals surface area (Å²) in [6.45, 7) is 0. The van der Waals surface area contributed by atoms with Crippen molar-refractivity contribution in [3.05, 3.63) is 56.5 Å². The van der Waals surface area contributed by atoms with Gasteiger partial charge < -0.3 is 10.2 Å². The van der Waals surface area contributed by atoms with Gasteiger partial charge >= 0.3 is 0 Å². The van der Waals surface area contributed by atoms with Crippen LogP contribution in [-0.4, -0.2) is 10.2 Å². The maximum absolute atomic E-state index is 10.2. The van der Waals surface area contributed by atoms with Gasteiger partial charge in [0.2, 0.25) is 0 Å². The van der Waals surface area contributed by atoms with E-state index in [0.29, 0.717) is 0 Å². The molecule has 0 aliphatic heterocycles. The summed E-state index contributed by atoms with van der Waals surface area (Å²) >= 11 is 6.88. The molecule has 0 amide bonds. The zero-order valence-corrected chi connectivity index (χ0v) is 12.4. The topological polar surface area (TPSA) is 40.5 Å². The Morgan fingerprint density at radius 2 is 1.11 bits per heavy atom. The van der Waals surface area contributed by atoms with E-state index in [0.717, 1.165) is 31.2 Å². The number of halogens is 2. The van der Waals surface area contributed by atoms with Crippen LogP contribution < -0.4 is 0 Å². The highest BCUT2D eigenvalue weighted by molar-refractivity contribution is 9.10. The van der Waals surface area contributed by atoms with Crippen LogP contribution in [0.5, 0.6) is 0 Å². The number of fused-ring (bicyclic) bond motifs is 3. The van der Waals surface area contributed by atoms with Crippen molar-refractivity contribution in [2.24, 2.45) is 0 Å². The quantitative estimate of drug-likeness (QED) is 0.737. The minimum absolute atomic E-state index is 0.760. The largest absolute Gasteiger partial charge is 0.385 e. The van der Waals surface area contributed by atoms with Crippen molar-refractivity contribution in [1.29, 1.82) is 0 Å². The van der Waals surface area contributed by atoms with Gasteiger partial charge in [0.1, 0.15) is 12.2 Å². The van der Waals surface area contributed by atoms with Crippen LogP contribution in [0.3, 0.4) is 0 Å². The standard InChI is InChI=1S/C14H10Br2O2/c15-7-1-3-9-11(5-7)12-6-8(16)2-4-10(12)14(18)13(9)17/h1-6,13-14,17-18H/t13-,14-/m0/s1. The van der Waals surface area contributed by atoms with Crippen LogP contribution in [0.15, 0.2) is 45.3 Å². The second-order valence-electron chi connectivity index (χ2n) is 4.35. The molecule has 92 valence electrons. The van der Waals surface area contributed by atoms with E-state index in [4.69, 9.17) is 0 Å². The summed E-state index contributed by atoms with van der Waals surface area (Å²) < 4.78 is 1.91. The number of aliphatic hydroxyl groups is 2. The van der Waals surface area contributed by atoms with E-state index in [1.807, 2.05) is 36.4 Å². The second kappa shape index (κ2) is 4.46. The van der Waals surface area contributed by atoms with Crippen molar-refractivity contribution in [3.8, 4) is 11.1 Å². The van der Waals surface area contributed by atoms with E-state index in [9.17, 15) is 10.2 Å². The van der Waals surface area contributed by atoms with Gasteiger partial charge in [0.15, 0.2) is 0 Å². The van der Waals surface area contributed by atoms with Gasteiger partial charge in [0, 0.05) is 8.95 Å². The lowest BCUT2D eigenvalue weighted by Crippen LogP contribution is -2.17. The molecule has 2 N–H and O–H groups in total. The molecule has 0 fully saturated rings. The zero-order chi connectivity index (χ0) is 12.9. The van der Waals surface area contributed by atoms with Crippen molar-refractivity contribution in [2.45, 2.75) is 12.2 Å². The van der Waals surface area contributed by atoms with Crippen molar-refractivity contribution in [3.63, 3.8) is 0 Å². The van der Waals surface area contributed by atoms with Crippen molar-refractivity contribution in [1.82, 2.24) is 0 Å². The SMILES string of the molecule is O[C@H]1c2ccc(Br)cc2-c2cc(Br)ccc2[C@@H]1O. The summed E-state index contributed by atoms with van der Waals surface area (Å²) in [6.07, 6.45) is -1.75. The fourth-order valence-corrected chi connectivity index (χ4v) is 3.10. The summed E-state index contributed by atoms with van der Waals surface area (Å²) in [6, 6.07) is 11.4. The molecule has 0 radical (unpaired) electrons. The monoisotopic (exact) mass is 368 g/mol. The molecule has 0 bridgehead atoms. The van der Waals surface area contributed by atoms with Crippen molar-refractivity contribution in [2.75, 3.05) is 0 Å². The van der Waals surface area contributed by atoms with Gasteiger partial charge in [-0.1, -0.05) is 44.0 Å². The van der Waals surface area contributed by atoms with Gasteiger partial charge in [-0.25, -0.2) is 0 Å². The molecule has 0 spiro atoms. The van der Waals surface area contributed by atoms with E-state index < -0.39 is 12.2 Å². The van der Waals surface area contributed by atoms with Crippen LogP contribution in [0.1, 0.15) is 23.3 Å². The predicted molar refractivity (Wildman–Crippen MR) is 77.2 cm³/mol. The molecule has 2 aromatic rings. The number of benzene rings is 2. The molecule has 2 aromatic carbocycles. The number of hydrogen-bond donors (Lipinski definition) is 2. The Labute approximate surface area is 122 Å². The number of aliphatic hydroxyl groups excluding tert-OH is 2. The minimum atomic E-state index is -0.873. The summed E-state index contributed by atoms with van der Waals surface area (Å²) in [7, 11) is 0. The Hall–Kier alpha value is -0.680. The third kappa shape index (κ3) is 1.84. The summed E-state index contributed by atoms with van der Waals surface area (Å²) in [5.74, 6) is 0. The minimum Gasteiger partial charge on any atom is -0.385 e. The van der Waals surface area contributed by atoms with Gasteiger partial charge in [0.05, 0.1) is 0 Å². The average molecular weight is 370 g/mol. The average Bonchev–Trinajstić information content (AvgIpc) is 2.36. The molecular formula is C14H10Br2O2. The molecule has 2 nitrogen and oxygen atoms in total. The van der Waals surface area contributed by atoms with E-state index in [-0.39, 0.29) is 0 Å². The smallest absolute Gasteiger partial charge is 0.110 e. The lowest BCUT2D eigenvalue weighted by Gasteiger charge is -2.29. The maximum atomic E-state index is 10.2. The second-order valence-corrected chi connectivity index (χ2v) is 6.18. The zero-order valence-electron chi connectivity index (χ0n) is 9.27. The fraction of sp³-hybridized carbons (Fsp3) is 0.143. The van der Waals surface area contributed by atoms with Gasteiger partial charge in [-0.2, -0.15) is 0 Å². The lowest BCUT2D eigenvalue weighted by molar-refractivity contribution is 0.0158. The number of hydrogen-bond acceptors (Lipinski definition) is 2. The molecule has 0 unspecified atom stereocenters. The highest BCUT2D eigenvalue weighted by Crippen LogP contribution is 2.45. The van der Waals surface area contributed by atoms with Gasteiger partial charge in [-0.3, -0.25) is 0 Å². The van der Waals surface area contributed by atoms with Gasteiger partial charge in [-0.05, 0) is 46.5 Å². The molecule has 18 heavy (non-hydrogen) atoms. The number of rotatable bonds is 0. The maximum Gasteiger partial charge on any atom is 0.110 e. The lowest BCUT2D eigenvalue weighted by atomic mass is 9.82. The molecule has 0 aromatic heterocycles. The first kappa shape index (κ1) is 12.4. The third-order valence-corrected chi connectivity index (χ3v) is 4.24. The highest BCUT2D eigenvalue weighted by atomic mass is 79.9. The Balaban J connectivity index is 2.33. The van der Waals surface area contributed by atoms with Crippen LogP contribution in [0.25, 0.3) is 11.1 Å². The first-order chi connectivity index (χ1) is 8.58. The van der Waals surface area contributed by atoms with E-state index in [2.05, 4.69) is 31.9 Å². The van der Waals surface area contributed by atoms with Crippen LogP contribution in [-0.2, 0) is 0 Å². The Bertz CT molecular complexity index is 570. The van der Waals surface area contributed by atoms with Gasteiger partial charge in [-0.15, -0.1) is 0 Å². The normalized spacial score (nSPS) is 21.3. The molecular weight excluding hydrogens is 360 g/mol. The first-order valence-electron chi connectivity index (χ1n) is 5.53. The Morgan fingerprint density at radius 1 is 0.722 bits per heavy atom. The van der Waals surface area contributed by atoms with Crippen LogP contribution in [0.2, 0.25) is 0 Å². The highest BCUT2D eigenvalue weighted by Gasteiger charge is 2.31. The Morgan fingerprint density at radius 3 is 1.50 bits per heavy atom. The molecule has 1 aliphatic rings. The van der Waals surface area contributed by atoms with Crippen LogP contribution in [0.4, 0.5) is 0 Å². The van der Waals surface area contributed by atoms with Gasteiger partial charge in [0.25, 0.3) is 0 Å². The predicted octanol–water partition coefficient (Wildman–Crippen LogP) is 3.96. The van der Waals surface area contributed by atoms with Crippen LogP contribution in [0, 0.1) is 0 Å². The third-order valence-electron chi connectivity index (χ3n) is 3.26. The van der Waals surface area contributed by atoms with E-state index in [1.54, 1.807) is 0 Å². The molecule has 1 aliphatic carbocycles. The van der Waals surface area contributed by atoms with Crippen LogP contribution >= 0.6 is 31.9 Å². The molecule has 0 saturated heterocycles.